The van der Waals surface area contributed by atoms with E-state index in [2.05, 4.69) is 52.6 Å². The van der Waals surface area contributed by atoms with Crippen LogP contribution < -0.4 is 0 Å². The van der Waals surface area contributed by atoms with Gasteiger partial charge in [0.15, 0.2) is 0 Å². The first-order valence-electron chi connectivity index (χ1n) is 5.60. The molecule has 1 aliphatic rings. The lowest BCUT2D eigenvalue weighted by molar-refractivity contribution is 0.674. The minimum atomic E-state index is 0.607. The molecule has 0 heterocycles. The molecule has 0 amide bonds. The van der Waals surface area contributed by atoms with Gasteiger partial charge >= 0.3 is 0 Å². The summed E-state index contributed by atoms with van der Waals surface area (Å²) in [6.45, 7) is 2.28. The third kappa shape index (κ3) is 1.18. The Morgan fingerprint density at radius 3 is 2.40 bits per heavy atom. The van der Waals surface area contributed by atoms with Crippen LogP contribution in [-0.4, -0.2) is 0 Å². The van der Waals surface area contributed by atoms with Crippen molar-refractivity contribution in [1.29, 1.82) is 0 Å². The van der Waals surface area contributed by atoms with Gasteiger partial charge in [0.05, 0.1) is 0 Å². The molecular formula is C14H15P. The van der Waals surface area contributed by atoms with Gasteiger partial charge in [0.25, 0.3) is 0 Å². The molecule has 3 unspecified atom stereocenters. The largest absolute Gasteiger partial charge is 0.129 e. The average molecular weight is 214 g/mol. The molecule has 3 rings (SSSR count). The summed E-state index contributed by atoms with van der Waals surface area (Å²) in [7, 11) is 3.02. The van der Waals surface area contributed by atoms with Gasteiger partial charge in [-0.05, 0) is 34.2 Å². The number of benzene rings is 2. The van der Waals surface area contributed by atoms with E-state index in [1.165, 1.54) is 22.8 Å². The van der Waals surface area contributed by atoms with E-state index in [1.807, 2.05) is 0 Å². The smallest absolute Gasteiger partial charge is 0.00602 e. The van der Waals surface area contributed by atoms with Crippen molar-refractivity contribution in [2.45, 2.75) is 24.9 Å². The van der Waals surface area contributed by atoms with Crippen molar-refractivity contribution in [3.63, 3.8) is 0 Å². The highest BCUT2D eigenvalue weighted by Crippen LogP contribution is 2.51. The molecule has 0 saturated heterocycles. The molecule has 3 atom stereocenters. The Labute approximate surface area is 92.9 Å². The van der Waals surface area contributed by atoms with E-state index in [1.54, 1.807) is 5.56 Å². The van der Waals surface area contributed by atoms with E-state index in [-0.39, 0.29) is 0 Å². The average Bonchev–Trinajstić information content (AvgIpc) is 2.55. The number of hydrogen-bond acceptors (Lipinski definition) is 0. The third-order valence-electron chi connectivity index (χ3n) is 3.60. The summed E-state index contributed by atoms with van der Waals surface area (Å²) in [5.74, 6) is 0.691. The Morgan fingerprint density at radius 1 is 1.07 bits per heavy atom. The second kappa shape index (κ2) is 3.32. The van der Waals surface area contributed by atoms with Crippen molar-refractivity contribution < 1.29 is 0 Å². The molecular weight excluding hydrogens is 199 g/mol. The lowest BCUT2D eigenvalue weighted by atomic mass is 9.97. The maximum Gasteiger partial charge on any atom is 0.00602 e. The molecule has 0 aromatic heterocycles. The molecule has 0 radical (unpaired) electrons. The van der Waals surface area contributed by atoms with Gasteiger partial charge in [0.2, 0.25) is 0 Å². The van der Waals surface area contributed by atoms with Crippen LogP contribution in [0.1, 0.15) is 36.0 Å². The quantitative estimate of drug-likeness (QED) is 0.622. The lowest BCUT2D eigenvalue weighted by Crippen LogP contribution is -1.96. The molecule has 2 aromatic rings. The van der Waals surface area contributed by atoms with Gasteiger partial charge in [-0.3, -0.25) is 0 Å². The highest BCUT2D eigenvalue weighted by atomic mass is 31.0. The molecule has 15 heavy (non-hydrogen) atoms. The second-order valence-corrected chi connectivity index (χ2v) is 5.05. The molecule has 0 aliphatic heterocycles. The second-order valence-electron chi connectivity index (χ2n) is 4.33. The van der Waals surface area contributed by atoms with Gasteiger partial charge < -0.3 is 0 Å². The van der Waals surface area contributed by atoms with Crippen molar-refractivity contribution in [2.75, 3.05) is 0 Å². The predicted octanol–water partition coefficient (Wildman–Crippen LogP) is 4.26. The van der Waals surface area contributed by atoms with E-state index >= 15 is 0 Å². The van der Waals surface area contributed by atoms with Crippen LogP contribution in [0.2, 0.25) is 0 Å². The first-order valence-corrected chi connectivity index (χ1v) is 6.26. The van der Waals surface area contributed by atoms with Crippen LogP contribution in [0.3, 0.4) is 0 Å². The molecule has 1 heteroatoms. The van der Waals surface area contributed by atoms with E-state index in [0.717, 1.165) is 0 Å². The summed E-state index contributed by atoms with van der Waals surface area (Å²) in [4.78, 5) is 0. The first-order chi connectivity index (χ1) is 7.33. The van der Waals surface area contributed by atoms with Crippen LogP contribution in [-0.2, 0) is 0 Å². The van der Waals surface area contributed by atoms with E-state index in [9.17, 15) is 0 Å². The van der Waals surface area contributed by atoms with Crippen LogP contribution in [0, 0.1) is 0 Å². The van der Waals surface area contributed by atoms with Crippen LogP contribution in [0.15, 0.2) is 36.4 Å². The summed E-state index contributed by atoms with van der Waals surface area (Å²) < 4.78 is 0. The Bertz CT molecular complexity index is 510. The molecule has 0 bridgehead atoms. The predicted molar refractivity (Wildman–Crippen MR) is 69.4 cm³/mol. The van der Waals surface area contributed by atoms with E-state index in [0.29, 0.717) is 11.6 Å². The Hall–Kier alpha value is -0.870. The minimum absolute atomic E-state index is 0.607. The Balaban J connectivity index is 2.40. The fraction of sp³-hybridized carbons (Fsp3) is 0.286. The third-order valence-corrected chi connectivity index (χ3v) is 4.42. The first kappa shape index (κ1) is 9.36. The van der Waals surface area contributed by atoms with Gasteiger partial charge in [0.1, 0.15) is 0 Å². The SMILES string of the molecule is CCC1c2cccc3cccc(c23)C1P. The van der Waals surface area contributed by atoms with Crippen molar-refractivity contribution in [2.24, 2.45) is 0 Å². The zero-order chi connectivity index (χ0) is 10.4. The van der Waals surface area contributed by atoms with Crippen LogP contribution in [0.25, 0.3) is 10.8 Å². The van der Waals surface area contributed by atoms with Gasteiger partial charge in [-0.25, -0.2) is 0 Å². The standard InChI is InChI=1S/C14H15P/c1-2-10-11-7-3-5-9-6-4-8-12(13(9)11)14(10)15/h3-8,10,14H,2,15H2,1H3. The highest BCUT2D eigenvalue weighted by Gasteiger charge is 2.29. The maximum absolute atomic E-state index is 3.02. The molecule has 0 spiro atoms. The summed E-state index contributed by atoms with van der Waals surface area (Å²) in [6.07, 6.45) is 1.22. The van der Waals surface area contributed by atoms with Crippen molar-refractivity contribution >= 4 is 20.0 Å². The molecule has 76 valence electrons. The monoisotopic (exact) mass is 214 g/mol. The summed E-state index contributed by atoms with van der Waals surface area (Å²) in [5, 5.41) is 2.90. The molecule has 0 fully saturated rings. The zero-order valence-corrected chi connectivity index (χ0v) is 10.1. The van der Waals surface area contributed by atoms with Crippen molar-refractivity contribution in [3.05, 3.63) is 47.5 Å². The van der Waals surface area contributed by atoms with Gasteiger partial charge in [-0.1, -0.05) is 43.3 Å². The highest BCUT2D eigenvalue weighted by molar-refractivity contribution is 7.17. The van der Waals surface area contributed by atoms with Gasteiger partial charge in [-0.15, -0.1) is 9.24 Å². The normalized spacial score (nSPS) is 23.6. The fourth-order valence-electron chi connectivity index (χ4n) is 2.87. The van der Waals surface area contributed by atoms with Gasteiger partial charge in [0, 0.05) is 5.66 Å². The lowest BCUT2D eigenvalue weighted by Gasteiger charge is -2.14. The van der Waals surface area contributed by atoms with Crippen LogP contribution in [0.4, 0.5) is 0 Å². The maximum atomic E-state index is 3.02. The topological polar surface area (TPSA) is 0 Å². The minimum Gasteiger partial charge on any atom is -0.129 e. The summed E-state index contributed by atoms with van der Waals surface area (Å²) >= 11 is 0. The molecule has 0 nitrogen and oxygen atoms in total. The Morgan fingerprint density at radius 2 is 1.73 bits per heavy atom. The Kier molecular flexibility index (Phi) is 2.07. The fourth-order valence-corrected chi connectivity index (χ4v) is 3.63. The van der Waals surface area contributed by atoms with E-state index < -0.39 is 0 Å². The number of rotatable bonds is 1. The summed E-state index contributed by atoms with van der Waals surface area (Å²) in [5.41, 5.74) is 3.67. The van der Waals surface area contributed by atoms with E-state index in [4.69, 9.17) is 0 Å². The van der Waals surface area contributed by atoms with Crippen LogP contribution in [0.5, 0.6) is 0 Å². The van der Waals surface area contributed by atoms with Crippen molar-refractivity contribution in [1.82, 2.24) is 0 Å². The van der Waals surface area contributed by atoms with Crippen molar-refractivity contribution in [3.8, 4) is 0 Å². The molecule has 2 aromatic carbocycles. The van der Waals surface area contributed by atoms with Gasteiger partial charge in [-0.2, -0.15) is 0 Å². The molecule has 1 aliphatic carbocycles. The number of hydrogen-bond donors (Lipinski definition) is 0. The molecule has 0 saturated carbocycles. The zero-order valence-electron chi connectivity index (χ0n) is 8.90. The summed E-state index contributed by atoms with van der Waals surface area (Å²) in [6, 6.07) is 13.4. The molecule has 0 N–H and O–H groups in total. The van der Waals surface area contributed by atoms with Crippen LogP contribution >= 0.6 is 9.24 Å².